The number of esters is 1. The summed E-state index contributed by atoms with van der Waals surface area (Å²) in [5, 5.41) is 5.64. The molecule has 0 spiro atoms. The first kappa shape index (κ1) is 23.1. The molecule has 0 bridgehead atoms. The summed E-state index contributed by atoms with van der Waals surface area (Å²) in [7, 11) is 1.23. The van der Waals surface area contributed by atoms with Crippen LogP contribution in [0.15, 0.2) is 59.4 Å². The van der Waals surface area contributed by atoms with Crippen molar-refractivity contribution in [2.24, 2.45) is 0 Å². The minimum atomic E-state index is -0.642. The molecule has 0 aliphatic carbocycles. The maximum atomic E-state index is 12.3. The smallest absolute Gasteiger partial charge is 0.340 e. The van der Waals surface area contributed by atoms with Gasteiger partial charge >= 0.3 is 5.97 Å². The number of aryl methyl sites for hydroxylation is 1. The van der Waals surface area contributed by atoms with E-state index in [1.807, 2.05) is 31.2 Å². The van der Waals surface area contributed by atoms with Gasteiger partial charge in [-0.15, -0.1) is 0 Å². The molecule has 166 valence electrons. The summed E-state index contributed by atoms with van der Waals surface area (Å²) in [4.78, 5) is 36.3. The number of benzene rings is 2. The first-order valence-corrected chi connectivity index (χ1v) is 9.93. The molecule has 0 aliphatic heterocycles. The zero-order chi connectivity index (χ0) is 23.1. The Morgan fingerprint density at radius 2 is 1.66 bits per heavy atom. The average Bonchev–Trinajstić information content (AvgIpc) is 3.31. The third kappa shape index (κ3) is 5.96. The van der Waals surface area contributed by atoms with Crippen molar-refractivity contribution in [1.29, 1.82) is 0 Å². The fourth-order valence-electron chi connectivity index (χ4n) is 2.88. The molecular formula is C23H21ClN2O6. The quantitative estimate of drug-likeness (QED) is 0.490. The molecule has 32 heavy (non-hydrogen) atoms. The number of anilines is 2. The van der Waals surface area contributed by atoms with Crippen molar-refractivity contribution in [1.82, 2.24) is 0 Å². The number of methoxy groups -OCH3 is 1. The van der Waals surface area contributed by atoms with Gasteiger partial charge in [-0.3, -0.25) is 9.59 Å². The van der Waals surface area contributed by atoms with Gasteiger partial charge in [0.05, 0.1) is 30.9 Å². The number of rotatable bonds is 8. The van der Waals surface area contributed by atoms with Crippen LogP contribution >= 0.6 is 11.6 Å². The minimum Gasteiger partial charge on any atom is -0.472 e. The molecule has 0 fully saturated rings. The number of nitrogens with one attached hydrogen (secondary N) is 2. The van der Waals surface area contributed by atoms with Crippen LogP contribution in [0.25, 0.3) is 11.1 Å². The number of hydrogen-bond acceptors (Lipinski definition) is 6. The zero-order valence-corrected chi connectivity index (χ0v) is 18.2. The van der Waals surface area contributed by atoms with Gasteiger partial charge in [0.2, 0.25) is 11.8 Å². The number of hydrogen-bond donors (Lipinski definition) is 2. The molecule has 0 aliphatic rings. The van der Waals surface area contributed by atoms with Crippen LogP contribution in [0, 0.1) is 6.92 Å². The molecule has 0 saturated heterocycles. The molecule has 1 aromatic heterocycles. The van der Waals surface area contributed by atoms with E-state index in [1.165, 1.54) is 25.3 Å². The first-order valence-electron chi connectivity index (χ1n) is 9.56. The van der Waals surface area contributed by atoms with Crippen molar-refractivity contribution in [3.05, 3.63) is 71.1 Å². The number of amides is 2. The second-order valence-electron chi connectivity index (χ2n) is 6.81. The Morgan fingerprint density at radius 1 is 0.938 bits per heavy atom. The Hall–Kier alpha value is -3.62. The van der Waals surface area contributed by atoms with Crippen LogP contribution in [0.5, 0.6) is 0 Å². The third-order valence-electron chi connectivity index (χ3n) is 4.49. The third-order valence-corrected chi connectivity index (χ3v) is 4.73. The molecule has 3 rings (SSSR count). The normalized spacial score (nSPS) is 10.5. The Balaban J connectivity index is 1.53. The van der Waals surface area contributed by atoms with E-state index in [1.54, 1.807) is 12.5 Å². The SMILES string of the molecule is COC(=O)c1cc(Cl)ccc1NC(=O)COCC(=O)Nc1cc(-c2ccoc2)ccc1C. The lowest BCUT2D eigenvalue weighted by molar-refractivity contribution is -0.125. The number of furan rings is 1. The van der Waals surface area contributed by atoms with Gasteiger partial charge in [-0.25, -0.2) is 4.79 Å². The van der Waals surface area contributed by atoms with Crippen LogP contribution in [0.1, 0.15) is 15.9 Å². The Kier molecular flexibility index (Phi) is 7.64. The van der Waals surface area contributed by atoms with Crippen LogP contribution in [-0.4, -0.2) is 38.1 Å². The zero-order valence-electron chi connectivity index (χ0n) is 17.4. The molecule has 9 heteroatoms. The molecule has 0 saturated carbocycles. The second-order valence-corrected chi connectivity index (χ2v) is 7.25. The summed E-state index contributed by atoms with van der Waals surface area (Å²) in [5.74, 6) is -1.59. The summed E-state index contributed by atoms with van der Waals surface area (Å²) < 4.78 is 15.0. The average molecular weight is 457 g/mol. The van der Waals surface area contributed by atoms with Gasteiger partial charge in [0.1, 0.15) is 13.2 Å². The Morgan fingerprint density at radius 3 is 2.31 bits per heavy atom. The van der Waals surface area contributed by atoms with E-state index in [4.69, 9.17) is 20.8 Å². The molecule has 2 aromatic carbocycles. The van der Waals surface area contributed by atoms with E-state index in [0.29, 0.717) is 10.7 Å². The van der Waals surface area contributed by atoms with Crippen LogP contribution in [-0.2, 0) is 19.1 Å². The monoisotopic (exact) mass is 456 g/mol. The molecule has 2 N–H and O–H groups in total. The predicted octanol–water partition coefficient (Wildman–Crippen LogP) is 4.29. The van der Waals surface area contributed by atoms with Crippen LogP contribution in [0.3, 0.4) is 0 Å². The molecular weight excluding hydrogens is 436 g/mol. The largest absolute Gasteiger partial charge is 0.472 e. The Bertz CT molecular complexity index is 1130. The molecule has 0 atom stereocenters. The number of carbonyl (C=O) groups excluding carboxylic acids is 3. The lowest BCUT2D eigenvalue weighted by atomic mass is 10.1. The van der Waals surface area contributed by atoms with E-state index < -0.39 is 17.8 Å². The summed E-state index contributed by atoms with van der Waals surface area (Å²) in [6.07, 6.45) is 3.19. The standard InChI is InChI=1S/C23H21ClN2O6/c1-14-3-4-15(16-7-8-31-11-16)9-20(14)26-22(28)13-32-12-21(27)25-19-6-5-17(24)10-18(19)23(29)30-2/h3-11H,12-13H2,1-2H3,(H,25,27)(H,26,28). The first-order chi connectivity index (χ1) is 15.4. The lowest BCUT2D eigenvalue weighted by Crippen LogP contribution is -2.24. The minimum absolute atomic E-state index is 0.110. The number of halogens is 1. The van der Waals surface area contributed by atoms with E-state index in [-0.39, 0.29) is 24.5 Å². The van der Waals surface area contributed by atoms with E-state index >= 15 is 0 Å². The summed E-state index contributed by atoms with van der Waals surface area (Å²) in [5.41, 5.74) is 3.63. The number of carbonyl (C=O) groups is 3. The van der Waals surface area contributed by atoms with Crippen molar-refractivity contribution >= 4 is 40.8 Å². The van der Waals surface area contributed by atoms with E-state index in [9.17, 15) is 14.4 Å². The van der Waals surface area contributed by atoms with Crippen LogP contribution < -0.4 is 10.6 Å². The lowest BCUT2D eigenvalue weighted by Gasteiger charge is -2.12. The van der Waals surface area contributed by atoms with Crippen molar-refractivity contribution in [2.45, 2.75) is 6.92 Å². The van der Waals surface area contributed by atoms with E-state index in [0.717, 1.165) is 16.7 Å². The van der Waals surface area contributed by atoms with Crippen LogP contribution in [0.2, 0.25) is 5.02 Å². The summed E-state index contributed by atoms with van der Waals surface area (Å²) in [6.45, 7) is 1.16. The molecule has 8 nitrogen and oxygen atoms in total. The van der Waals surface area contributed by atoms with Gasteiger partial charge in [-0.05, 0) is 48.4 Å². The van der Waals surface area contributed by atoms with Gasteiger partial charge in [0.15, 0.2) is 0 Å². The van der Waals surface area contributed by atoms with Gasteiger partial charge in [0, 0.05) is 16.3 Å². The van der Waals surface area contributed by atoms with Gasteiger partial charge < -0.3 is 24.5 Å². The highest BCUT2D eigenvalue weighted by Crippen LogP contribution is 2.26. The molecule has 1 heterocycles. The fourth-order valence-corrected chi connectivity index (χ4v) is 3.05. The molecule has 3 aromatic rings. The maximum absolute atomic E-state index is 12.3. The highest BCUT2D eigenvalue weighted by molar-refractivity contribution is 6.31. The van der Waals surface area contributed by atoms with Crippen LogP contribution in [0.4, 0.5) is 11.4 Å². The Labute approximate surface area is 189 Å². The number of ether oxygens (including phenoxy) is 2. The molecule has 0 unspecified atom stereocenters. The summed E-state index contributed by atoms with van der Waals surface area (Å²) in [6, 6.07) is 11.9. The maximum Gasteiger partial charge on any atom is 0.340 e. The summed E-state index contributed by atoms with van der Waals surface area (Å²) >= 11 is 5.89. The van der Waals surface area contributed by atoms with Crippen molar-refractivity contribution < 1.29 is 28.3 Å². The van der Waals surface area contributed by atoms with Crippen molar-refractivity contribution in [3.63, 3.8) is 0 Å². The highest BCUT2D eigenvalue weighted by Gasteiger charge is 2.15. The van der Waals surface area contributed by atoms with Gasteiger partial charge in [0.25, 0.3) is 0 Å². The topological polar surface area (TPSA) is 107 Å². The molecule has 2 amide bonds. The highest BCUT2D eigenvalue weighted by atomic mass is 35.5. The predicted molar refractivity (Wildman–Crippen MR) is 120 cm³/mol. The van der Waals surface area contributed by atoms with Crippen molar-refractivity contribution in [3.8, 4) is 11.1 Å². The van der Waals surface area contributed by atoms with Gasteiger partial charge in [-0.2, -0.15) is 0 Å². The van der Waals surface area contributed by atoms with E-state index in [2.05, 4.69) is 15.4 Å². The fraction of sp³-hybridized carbons (Fsp3) is 0.174. The van der Waals surface area contributed by atoms with Gasteiger partial charge in [-0.1, -0.05) is 23.7 Å². The second kappa shape index (κ2) is 10.6. The molecule has 0 radical (unpaired) electrons. The van der Waals surface area contributed by atoms with Crippen molar-refractivity contribution in [2.75, 3.05) is 31.0 Å².